The van der Waals surface area contributed by atoms with Crippen molar-refractivity contribution in [1.82, 2.24) is 4.90 Å². The van der Waals surface area contributed by atoms with Gasteiger partial charge in [-0.05, 0) is 25.8 Å². The topological polar surface area (TPSA) is 49.8 Å². The highest BCUT2D eigenvalue weighted by molar-refractivity contribution is 5.73. The van der Waals surface area contributed by atoms with Gasteiger partial charge in [0.15, 0.2) is 0 Å². The van der Waals surface area contributed by atoms with Gasteiger partial charge in [-0.3, -0.25) is 9.69 Å². The summed E-state index contributed by atoms with van der Waals surface area (Å²) in [6.45, 7) is 3.45. The molecule has 0 unspecified atom stereocenters. The third kappa shape index (κ3) is 2.45. The van der Waals surface area contributed by atoms with Gasteiger partial charge in [0.1, 0.15) is 6.04 Å². The molecule has 0 aromatic carbocycles. The van der Waals surface area contributed by atoms with Gasteiger partial charge in [0.05, 0.1) is 6.61 Å². The average molecular weight is 201 g/mol. The van der Waals surface area contributed by atoms with Crippen LogP contribution in [0.2, 0.25) is 0 Å². The van der Waals surface area contributed by atoms with E-state index in [1.165, 1.54) is 0 Å². The summed E-state index contributed by atoms with van der Waals surface area (Å²) >= 11 is 0. The summed E-state index contributed by atoms with van der Waals surface area (Å²) in [5.74, 6) is -0.712. The Morgan fingerprint density at radius 2 is 2.43 bits per heavy atom. The number of likely N-dealkylation sites (tertiary alicyclic amines) is 1. The zero-order chi connectivity index (χ0) is 10.6. The van der Waals surface area contributed by atoms with Crippen molar-refractivity contribution in [1.29, 1.82) is 0 Å². The molecule has 0 spiro atoms. The fraction of sp³-hybridized carbons (Fsp3) is 0.900. The molecule has 0 amide bonds. The molecule has 1 N–H and O–H groups in total. The Hall–Kier alpha value is -0.610. The lowest BCUT2D eigenvalue weighted by molar-refractivity contribution is -0.144. The molecule has 0 aromatic rings. The summed E-state index contributed by atoms with van der Waals surface area (Å²) in [5.41, 5.74) is 0. The minimum atomic E-state index is -0.712. The number of hydrogen-bond acceptors (Lipinski definition) is 3. The zero-order valence-electron chi connectivity index (χ0n) is 8.90. The molecule has 1 heterocycles. The number of carboxylic acid groups (broad SMARTS) is 1. The van der Waals surface area contributed by atoms with Crippen molar-refractivity contribution in [2.75, 3.05) is 20.3 Å². The van der Waals surface area contributed by atoms with Crippen molar-refractivity contribution in [2.45, 2.75) is 38.3 Å². The minimum Gasteiger partial charge on any atom is -0.480 e. The van der Waals surface area contributed by atoms with E-state index in [0.29, 0.717) is 19.1 Å². The highest BCUT2D eigenvalue weighted by Gasteiger charge is 2.33. The molecular weight excluding hydrogens is 182 g/mol. The minimum absolute atomic E-state index is 0.293. The second kappa shape index (κ2) is 5.32. The molecule has 14 heavy (non-hydrogen) atoms. The van der Waals surface area contributed by atoms with Crippen molar-refractivity contribution >= 4 is 5.97 Å². The van der Waals surface area contributed by atoms with E-state index in [1.54, 1.807) is 7.11 Å². The SMILES string of the molecule is CC[C@@H](C(=O)O)N1CCC[C@@H]1COC. The van der Waals surface area contributed by atoms with Gasteiger partial charge in [-0.15, -0.1) is 0 Å². The first-order valence-electron chi connectivity index (χ1n) is 5.18. The second-order valence-corrected chi connectivity index (χ2v) is 3.75. The maximum Gasteiger partial charge on any atom is 0.320 e. The van der Waals surface area contributed by atoms with Crippen LogP contribution in [0, 0.1) is 0 Å². The fourth-order valence-electron chi connectivity index (χ4n) is 2.19. The molecule has 0 aromatic heterocycles. The standard InChI is InChI=1S/C10H19NO3/c1-3-9(10(12)13)11-6-4-5-8(11)7-14-2/h8-9H,3-7H2,1-2H3,(H,12,13)/t8-,9+/m1/s1. The fourth-order valence-corrected chi connectivity index (χ4v) is 2.19. The lowest BCUT2D eigenvalue weighted by Gasteiger charge is -2.29. The highest BCUT2D eigenvalue weighted by Crippen LogP contribution is 2.21. The van der Waals surface area contributed by atoms with Crippen LogP contribution >= 0.6 is 0 Å². The number of aliphatic carboxylic acids is 1. The van der Waals surface area contributed by atoms with E-state index in [1.807, 2.05) is 6.92 Å². The van der Waals surface area contributed by atoms with Crippen molar-refractivity contribution in [3.63, 3.8) is 0 Å². The molecule has 0 aliphatic carbocycles. The van der Waals surface area contributed by atoms with E-state index in [2.05, 4.69) is 4.90 Å². The van der Waals surface area contributed by atoms with Crippen LogP contribution in [0.4, 0.5) is 0 Å². The number of nitrogens with zero attached hydrogens (tertiary/aromatic N) is 1. The van der Waals surface area contributed by atoms with Crippen LogP contribution in [-0.2, 0) is 9.53 Å². The van der Waals surface area contributed by atoms with Gasteiger partial charge in [-0.1, -0.05) is 6.92 Å². The largest absolute Gasteiger partial charge is 0.480 e. The Labute approximate surface area is 84.8 Å². The lowest BCUT2D eigenvalue weighted by Crippen LogP contribution is -2.45. The van der Waals surface area contributed by atoms with Crippen molar-refractivity contribution in [3.05, 3.63) is 0 Å². The van der Waals surface area contributed by atoms with Crippen molar-refractivity contribution in [3.8, 4) is 0 Å². The van der Waals surface area contributed by atoms with Crippen LogP contribution in [-0.4, -0.2) is 48.3 Å². The third-order valence-corrected chi connectivity index (χ3v) is 2.85. The highest BCUT2D eigenvalue weighted by atomic mass is 16.5. The van der Waals surface area contributed by atoms with Gasteiger partial charge in [0.25, 0.3) is 0 Å². The summed E-state index contributed by atoms with van der Waals surface area (Å²) in [6, 6.07) is -0.0429. The van der Waals surface area contributed by atoms with E-state index in [9.17, 15) is 4.79 Å². The summed E-state index contributed by atoms with van der Waals surface area (Å²) in [7, 11) is 1.66. The van der Waals surface area contributed by atoms with Crippen LogP contribution in [0.15, 0.2) is 0 Å². The number of carboxylic acids is 1. The molecule has 0 saturated carbocycles. The molecule has 1 aliphatic heterocycles. The zero-order valence-corrected chi connectivity index (χ0v) is 8.90. The van der Waals surface area contributed by atoms with E-state index in [4.69, 9.17) is 9.84 Å². The quantitative estimate of drug-likeness (QED) is 0.719. The normalized spacial score (nSPS) is 25.1. The lowest BCUT2D eigenvalue weighted by atomic mass is 10.1. The summed E-state index contributed by atoms with van der Waals surface area (Å²) < 4.78 is 5.10. The summed E-state index contributed by atoms with van der Waals surface area (Å²) in [4.78, 5) is 13.0. The number of ether oxygens (including phenoxy) is 1. The first-order valence-corrected chi connectivity index (χ1v) is 5.18. The van der Waals surface area contributed by atoms with E-state index >= 15 is 0 Å². The van der Waals surface area contributed by atoms with Gasteiger partial charge in [-0.25, -0.2) is 0 Å². The van der Waals surface area contributed by atoms with Crippen molar-refractivity contribution < 1.29 is 14.6 Å². The monoisotopic (exact) mass is 201 g/mol. The van der Waals surface area contributed by atoms with Gasteiger partial charge >= 0.3 is 5.97 Å². The maximum absolute atomic E-state index is 11.0. The predicted molar refractivity (Wildman–Crippen MR) is 53.3 cm³/mol. The molecule has 2 atom stereocenters. The molecule has 4 heteroatoms. The van der Waals surface area contributed by atoms with Gasteiger partial charge in [0, 0.05) is 13.2 Å². The Balaban J connectivity index is 2.59. The summed E-state index contributed by atoms with van der Waals surface area (Å²) in [6.07, 6.45) is 2.80. The summed E-state index contributed by atoms with van der Waals surface area (Å²) in [5, 5.41) is 9.04. The van der Waals surface area contributed by atoms with Gasteiger partial charge in [0.2, 0.25) is 0 Å². The Bertz CT molecular complexity index is 196. The van der Waals surface area contributed by atoms with E-state index in [0.717, 1.165) is 19.4 Å². The van der Waals surface area contributed by atoms with E-state index in [-0.39, 0.29) is 6.04 Å². The third-order valence-electron chi connectivity index (χ3n) is 2.85. The maximum atomic E-state index is 11.0. The molecule has 0 bridgehead atoms. The van der Waals surface area contributed by atoms with E-state index < -0.39 is 5.97 Å². The Morgan fingerprint density at radius 1 is 1.71 bits per heavy atom. The Kier molecular flexibility index (Phi) is 4.35. The molecule has 1 rings (SSSR count). The van der Waals surface area contributed by atoms with Crippen LogP contribution in [0.3, 0.4) is 0 Å². The molecule has 1 saturated heterocycles. The first-order chi connectivity index (χ1) is 6.70. The Morgan fingerprint density at radius 3 is 2.93 bits per heavy atom. The molecular formula is C10H19NO3. The molecule has 1 fully saturated rings. The number of methoxy groups -OCH3 is 1. The van der Waals surface area contributed by atoms with Crippen LogP contribution in [0.5, 0.6) is 0 Å². The van der Waals surface area contributed by atoms with Crippen LogP contribution in [0.25, 0.3) is 0 Å². The smallest absolute Gasteiger partial charge is 0.320 e. The van der Waals surface area contributed by atoms with Gasteiger partial charge in [-0.2, -0.15) is 0 Å². The molecule has 82 valence electrons. The predicted octanol–water partition coefficient (Wildman–Crippen LogP) is 0.960. The molecule has 0 radical (unpaired) electrons. The molecule has 4 nitrogen and oxygen atoms in total. The number of hydrogen-bond donors (Lipinski definition) is 1. The van der Waals surface area contributed by atoms with Gasteiger partial charge < -0.3 is 9.84 Å². The van der Waals surface area contributed by atoms with Crippen LogP contribution in [0.1, 0.15) is 26.2 Å². The molecule has 1 aliphatic rings. The first kappa shape index (κ1) is 11.5. The van der Waals surface area contributed by atoms with Crippen molar-refractivity contribution in [2.24, 2.45) is 0 Å². The second-order valence-electron chi connectivity index (χ2n) is 3.75. The number of rotatable bonds is 5. The average Bonchev–Trinajstić information content (AvgIpc) is 2.55. The number of carbonyl (C=O) groups is 1. The van der Waals surface area contributed by atoms with Crippen LogP contribution < -0.4 is 0 Å².